The van der Waals surface area contributed by atoms with Gasteiger partial charge in [0.2, 0.25) is 0 Å². The number of benzene rings is 2. The number of ketones is 1. The van der Waals surface area contributed by atoms with Crippen LogP contribution in [0, 0.1) is 11.3 Å². The zero-order chi connectivity index (χ0) is 20.8. The number of H-pyrrole nitrogens is 1. The molecule has 0 saturated carbocycles. The maximum Gasteiger partial charge on any atom is 0.161 e. The molecule has 1 aromatic heterocycles. The Labute approximate surface area is 179 Å². The first kappa shape index (κ1) is 18.5. The average Bonchev–Trinajstić information content (AvgIpc) is 3.22. The van der Waals surface area contributed by atoms with Crippen molar-refractivity contribution in [3.05, 3.63) is 88.0 Å². The Hall–Kier alpha value is -3.49. The van der Waals surface area contributed by atoms with E-state index >= 15 is 0 Å². The van der Waals surface area contributed by atoms with E-state index < -0.39 is 5.92 Å². The molecule has 2 aromatic carbocycles. The summed E-state index contributed by atoms with van der Waals surface area (Å²) in [5, 5.41) is 11.7. The van der Waals surface area contributed by atoms with Gasteiger partial charge in [-0.25, -0.2) is 0 Å². The molecular formula is C24H19ClN4O. The summed E-state index contributed by atoms with van der Waals surface area (Å²) in [5.74, 6) is -0.0114. The van der Waals surface area contributed by atoms with E-state index in [-0.39, 0.29) is 5.78 Å². The maximum atomic E-state index is 13.1. The molecule has 0 bridgehead atoms. The van der Waals surface area contributed by atoms with Gasteiger partial charge in [0.05, 0.1) is 17.6 Å². The molecule has 0 radical (unpaired) electrons. The van der Waals surface area contributed by atoms with Crippen molar-refractivity contribution < 1.29 is 4.79 Å². The second-order valence-electron chi connectivity index (χ2n) is 7.62. The number of carbonyl (C=O) groups is 1. The lowest BCUT2D eigenvalue weighted by molar-refractivity contribution is -0.116. The maximum absolute atomic E-state index is 13.1. The van der Waals surface area contributed by atoms with Crippen LogP contribution < -0.4 is 10.6 Å². The molecule has 0 fully saturated rings. The number of aromatic amines is 1. The highest BCUT2D eigenvalue weighted by Gasteiger charge is 2.40. The Morgan fingerprint density at radius 1 is 1.13 bits per heavy atom. The van der Waals surface area contributed by atoms with Crippen LogP contribution in [0.5, 0.6) is 0 Å². The molecular weight excluding hydrogens is 396 g/mol. The quantitative estimate of drug-likeness (QED) is 0.608. The highest BCUT2D eigenvalue weighted by Crippen LogP contribution is 2.46. The van der Waals surface area contributed by atoms with Crippen LogP contribution >= 0.6 is 11.6 Å². The van der Waals surface area contributed by atoms with Crippen LogP contribution in [-0.2, 0) is 4.79 Å². The molecule has 0 amide bonds. The van der Waals surface area contributed by atoms with E-state index in [1.165, 1.54) is 0 Å². The summed E-state index contributed by atoms with van der Waals surface area (Å²) in [5.41, 5.74) is 11.2. The van der Waals surface area contributed by atoms with Crippen LogP contribution in [0.25, 0.3) is 10.9 Å². The third kappa shape index (κ3) is 2.80. The van der Waals surface area contributed by atoms with Crippen molar-refractivity contribution in [1.82, 2.24) is 4.98 Å². The Kier molecular flexibility index (Phi) is 4.38. The van der Waals surface area contributed by atoms with E-state index in [2.05, 4.69) is 11.1 Å². The number of aromatic nitrogens is 1. The molecule has 6 heteroatoms. The summed E-state index contributed by atoms with van der Waals surface area (Å²) in [6, 6.07) is 17.6. The molecule has 3 aromatic rings. The molecule has 1 aliphatic carbocycles. The first-order chi connectivity index (χ1) is 14.6. The Morgan fingerprint density at radius 3 is 2.70 bits per heavy atom. The van der Waals surface area contributed by atoms with Crippen molar-refractivity contribution in [2.75, 3.05) is 4.90 Å². The highest BCUT2D eigenvalue weighted by atomic mass is 35.5. The van der Waals surface area contributed by atoms with Crippen LogP contribution in [0.3, 0.4) is 0 Å². The lowest BCUT2D eigenvalue weighted by atomic mass is 9.75. The predicted octanol–water partition coefficient (Wildman–Crippen LogP) is 5.13. The first-order valence-electron chi connectivity index (χ1n) is 9.87. The third-order valence-corrected chi connectivity index (χ3v) is 6.16. The van der Waals surface area contributed by atoms with E-state index in [4.69, 9.17) is 17.3 Å². The second kappa shape index (κ2) is 7.08. The molecule has 5 rings (SSSR count). The number of rotatable bonds is 2. The lowest BCUT2D eigenvalue weighted by Crippen LogP contribution is -2.38. The van der Waals surface area contributed by atoms with Gasteiger partial charge in [0.25, 0.3) is 0 Å². The second-order valence-corrected chi connectivity index (χ2v) is 8.05. The van der Waals surface area contributed by atoms with Crippen LogP contribution in [-0.4, -0.2) is 10.8 Å². The molecule has 30 heavy (non-hydrogen) atoms. The number of allylic oxidation sites excluding steroid dienone is 3. The number of hydrogen-bond donors (Lipinski definition) is 2. The topological polar surface area (TPSA) is 85.9 Å². The number of fused-ring (bicyclic) bond motifs is 1. The summed E-state index contributed by atoms with van der Waals surface area (Å²) >= 11 is 6.06. The number of nitrogens with one attached hydrogen (secondary N) is 1. The number of carbonyl (C=O) groups excluding carboxylic acids is 1. The van der Waals surface area contributed by atoms with Crippen molar-refractivity contribution in [3.63, 3.8) is 0 Å². The van der Waals surface area contributed by atoms with Gasteiger partial charge in [-0.1, -0.05) is 17.7 Å². The number of Topliss-reactive ketones (excluding diaryl/α,β-unsaturated/α-hetero) is 1. The molecule has 0 saturated heterocycles. The van der Waals surface area contributed by atoms with E-state index in [1.807, 2.05) is 47.5 Å². The third-order valence-electron chi connectivity index (χ3n) is 5.91. The van der Waals surface area contributed by atoms with Gasteiger partial charge in [-0.2, -0.15) is 5.26 Å². The number of nitriles is 1. The van der Waals surface area contributed by atoms with Gasteiger partial charge in [-0.3, -0.25) is 9.69 Å². The van der Waals surface area contributed by atoms with E-state index in [0.717, 1.165) is 40.7 Å². The van der Waals surface area contributed by atoms with Gasteiger partial charge in [0.1, 0.15) is 5.82 Å². The Balaban J connectivity index is 1.75. The van der Waals surface area contributed by atoms with Gasteiger partial charge in [0.15, 0.2) is 5.78 Å². The predicted molar refractivity (Wildman–Crippen MR) is 118 cm³/mol. The van der Waals surface area contributed by atoms with E-state index in [1.54, 1.807) is 12.1 Å². The SMILES string of the molecule is N#CC1=C(N)N(c2ccc(Cl)cc2)C2=C(C(=O)CCC2)[C@H]1c1ccc2[nH]ccc2c1. The fourth-order valence-electron chi connectivity index (χ4n) is 4.56. The number of anilines is 1. The normalized spacial score (nSPS) is 19.3. The monoisotopic (exact) mass is 414 g/mol. The fourth-order valence-corrected chi connectivity index (χ4v) is 4.68. The summed E-state index contributed by atoms with van der Waals surface area (Å²) in [6.07, 6.45) is 3.85. The summed E-state index contributed by atoms with van der Waals surface area (Å²) in [7, 11) is 0. The van der Waals surface area contributed by atoms with Crippen molar-refractivity contribution >= 4 is 34.0 Å². The van der Waals surface area contributed by atoms with Crippen LogP contribution in [0.4, 0.5) is 5.69 Å². The minimum absolute atomic E-state index is 0.0784. The zero-order valence-corrected chi connectivity index (χ0v) is 16.9. The number of halogens is 1. The summed E-state index contributed by atoms with van der Waals surface area (Å²) in [4.78, 5) is 18.2. The van der Waals surface area contributed by atoms with E-state index in [9.17, 15) is 10.1 Å². The van der Waals surface area contributed by atoms with Crippen molar-refractivity contribution in [2.24, 2.45) is 5.73 Å². The Bertz CT molecular complexity index is 1280. The highest BCUT2D eigenvalue weighted by molar-refractivity contribution is 6.30. The van der Waals surface area contributed by atoms with Gasteiger partial charge >= 0.3 is 0 Å². The molecule has 2 aliphatic rings. The van der Waals surface area contributed by atoms with E-state index in [0.29, 0.717) is 28.4 Å². The molecule has 3 N–H and O–H groups in total. The Morgan fingerprint density at radius 2 is 1.93 bits per heavy atom. The molecule has 148 valence electrons. The molecule has 1 aliphatic heterocycles. The largest absolute Gasteiger partial charge is 0.384 e. The van der Waals surface area contributed by atoms with Gasteiger partial charge in [-0.05, 0) is 66.3 Å². The number of nitrogens with two attached hydrogens (primary N) is 1. The van der Waals surface area contributed by atoms with Gasteiger partial charge in [0, 0.05) is 40.1 Å². The molecule has 0 unspecified atom stereocenters. The molecule has 2 heterocycles. The molecule has 0 spiro atoms. The fraction of sp³-hybridized carbons (Fsp3) is 0.167. The number of hydrogen-bond acceptors (Lipinski definition) is 4. The van der Waals surface area contributed by atoms with Crippen LogP contribution in [0.2, 0.25) is 5.02 Å². The summed E-state index contributed by atoms with van der Waals surface area (Å²) in [6.45, 7) is 0. The van der Waals surface area contributed by atoms with Gasteiger partial charge < -0.3 is 10.7 Å². The average molecular weight is 415 g/mol. The molecule has 1 atom stereocenters. The smallest absolute Gasteiger partial charge is 0.161 e. The minimum Gasteiger partial charge on any atom is -0.384 e. The van der Waals surface area contributed by atoms with Crippen molar-refractivity contribution in [3.8, 4) is 6.07 Å². The van der Waals surface area contributed by atoms with Gasteiger partial charge in [-0.15, -0.1) is 0 Å². The van der Waals surface area contributed by atoms with Crippen LogP contribution in [0.15, 0.2) is 77.4 Å². The van der Waals surface area contributed by atoms with Crippen molar-refractivity contribution in [1.29, 1.82) is 5.26 Å². The zero-order valence-electron chi connectivity index (χ0n) is 16.2. The van der Waals surface area contributed by atoms with Crippen molar-refractivity contribution in [2.45, 2.75) is 25.2 Å². The first-order valence-corrected chi connectivity index (χ1v) is 10.2. The summed E-state index contributed by atoms with van der Waals surface area (Å²) < 4.78 is 0. The minimum atomic E-state index is -0.458. The van der Waals surface area contributed by atoms with Crippen LogP contribution in [0.1, 0.15) is 30.7 Å². The number of nitrogens with zero attached hydrogens (tertiary/aromatic N) is 2. The lowest BCUT2D eigenvalue weighted by Gasteiger charge is -2.39. The molecule has 5 nitrogen and oxygen atoms in total. The standard InChI is InChI=1S/C24H19ClN4O/c25-16-5-7-17(8-6-16)29-20-2-1-3-21(30)23(20)22(18(13-26)24(29)27)15-4-9-19-14(12-15)10-11-28-19/h4-12,22,28H,1-3,27H2/t22-/m0/s1.